The zero-order valence-electron chi connectivity index (χ0n) is 31.0. The van der Waals surface area contributed by atoms with Gasteiger partial charge in [-0.2, -0.15) is 0 Å². The first-order chi connectivity index (χ1) is 26.9. The fraction of sp³-hybridized carbons (Fsp3) is 0.500. The molecule has 9 rings (SSSR count). The SMILES string of the molecule is O=C(CSc1c[nH]c2ncccc12)N1CCCC2CCCCC21.O=C(O)C1CCN(C(=O)CC(c2cccs2)c2c[nH]c3nccc(F)c23)C2CCCCC12. The predicted octanol–water partition coefficient (Wildman–Crippen LogP) is 8.61. The van der Waals surface area contributed by atoms with Gasteiger partial charge in [0.05, 0.1) is 17.1 Å². The number of aromatic nitrogens is 4. The lowest BCUT2D eigenvalue weighted by atomic mass is 9.71. The normalized spacial score (nSPS) is 24.4. The standard InChI is InChI=1S/C24H26FN3O3S.C18H23N3OS/c25-18-7-9-26-23-22(18)17(13-27-23)16(20-6-3-11-32-20)12-21(29)28-10-8-15(24(30)31)14-4-1-2-5-19(14)28;22-17(21-10-4-6-13-5-1-2-8-15(13)21)12-23-16-11-20-18-14(16)7-3-9-19-18/h3,6-7,9,11,13-16,19H,1-2,4-5,8,10,12H2,(H,26,27)(H,30,31);3,7,9,11,13,15H,1-2,4-6,8,10,12H2,(H,19,20). The molecule has 6 unspecified atom stereocenters. The van der Waals surface area contributed by atoms with Crippen LogP contribution in [0.1, 0.15) is 93.4 Å². The molecular weight excluding hydrogens is 736 g/mol. The average Bonchev–Trinajstić information content (AvgIpc) is 4.00. The van der Waals surface area contributed by atoms with E-state index in [-0.39, 0.29) is 41.9 Å². The lowest BCUT2D eigenvalue weighted by molar-refractivity contribution is -0.153. The number of piperidine rings is 2. The molecule has 2 saturated heterocycles. The number of thiophene rings is 1. The number of amides is 2. The summed E-state index contributed by atoms with van der Waals surface area (Å²) in [4.78, 5) is 59.2. The number of carbonyl (C=O) groups excluding carboxylic acids is 2. The van der Waals surface area contributed by atoms with E-state index in [1.54, 1.807) is 35.5 Å². The van der Waals surface area contributed by atoms with Gasteiger partial charge in [-0.15, -0.1) is 23.1 Å². The minimum Gasteiger partial charge on any atom is -0.481 e. The number of thioether (sulfide) groups is 1. The van der Waals surface area contributed by atoms with Crippen molar-refractivity contribution in [1.82, 2.24) is 29.7 Å². The van der Waals surface area contributed by atoms with Crippen LogP contribution in [0.15, 0.2) is 65.4 Å². The Morgan fingerprint density at radius 1 is 0.855 bits per heavy atom. The minimum atomic E-state index is -0.743. The number of halogens is 1. The Labute approximate surface area is 328 Å². The van der Waals surface area contributed by atoms with E-state index in [2.05, 4.69) is 30.9 Å². The van der Waals surface area contributed by atoms with Gasteiger partial charge in [0.1, 0.15) is 17.1 Å². The summed E-state index contributed by atoms with van der Waals surface area (Å²) < 4.78 is 14.7. The van der Waals surface area contributed by atoms with Crippen LogP contribution >= 0.6 is 23.1 Å². The summed E-state index contributed by atoms with van der Waals surface area (Å²) in [6, 6.07) is 9.76. The number of fused-ring (bicyclic) bond motifs is 4. The van der Waals surface area contributed by atoms with Crippen molar-refractivity contribution in [3.8, 4) is 0 Å². The van der Waals surface area contributed by atoms with Crippen molar-refractivity contribution in [1.29, 1.82) is 0 Å². The maximum Gasteiger partial charge on any atom is 0.306 e. The van der Waals surface area contributed by atoms with Crippen molar-refractivity contribution < 1.29 is 23.9 Å². The second-order valence-corrected chi connectivity index (χ2v) is 17.5. The number of aromatic amines is 2. The largest absolute Gasteiger partial charge is 0.481 e. The molecule has 0 aromatic carbocycles. The third-order valence-corrected chi connectivity index (χ3v) is 14.6. The summed E-state index contributed by atoms with van der Waals surface area (Å²) in [5, 5.41) is 13.2. The molecule has 2 saturated carbocycles. The highest BCUT2D eigenvalue weighted by molar-refractivity contribution is 8.00. The lowest BCUT2D eigenvalue weighted by Gasteiger charge is -2.47. The first kappa shape index (κ1) is 37.7. The van der Waals surface area contributed by atoms with Gasteiger partial charge >= 0.3 is 5.97 Å². The Bertz CT molecular complexity index is 2120. The zero-order valence-corrected chi connectivity index (χ0v) is 32.6. The quantitative estimate of drug-likeness (QED) is 0.134. The molecule has 4 fully saturated rings. The maximum atomic E-state index is 14.7. The van der Waals surface area contributed by atoms with Gasteiger partial charge in [-0.25, -0.2) is 14.4 Å². The molecule has 0 spiro atoms. The van der Waals surface area contributed by atoms with Crippen LogP contribution in [0.2, 0.25) is 0 Å². The number of likely N-dealkylation sites (tertiary alicyclic amines) is 2. The highest BCUT2D eigenvalue weighted by atomic mass is 32.2. The van der Waals surface area contributed by atoms with Gasteiger partial charge in [0.15, 0.2) is 0 Å². The Morgan fingerprint density at radius 3 is 2.45 bits per heavy atom. The molecule has 0 bridgehead atoms. The summed E-state index contributed by atoms with van der Waals surface area (Å²) in [6.07, 6.45) is 19.1. The molecule has 0 radical (unpaired) electrons. The number of pyridine rings is 2. The molecule has 5 aromatic heterocycles. The van der Waals surface area contributed by atoms with Gasteiger partial charge in [0.25, 0.3) is 0 Å². The molecular formula is C42H49FN6O4S2. The molecule has 7 heterocycles. The topological polar surface area (TPSA) is 135 Å². The monoisotopic (exact) mass is 784 g/mol. The summed E-state index contributed by atoms with van der Waals surface area (Å²) in [7, 11) is 0. The lowest BCUT2D eigenvalue weighted by Crippen LogP contribution is -2.54. The molecule has 2 amide bonds. The van der Waals surface area contributed by atoms with Crippen LogP contribution in [0.4, 0.5) is 4.39 Å². The van der Waals surface area contributed by atoms with Crippen LogP contribution in [0.5, 0.6) is 0 Å². The van der Waals surface area contributed by atoms with E-state index in [0.29, 0.717) is 41.7 Å². The zero-order chi connectivity index (χ0) is 37.9. The molecule has 4 aliphatic rings. The van der Waals surface area contributed by atoms with Crippen molar-refractivity contribution >= 4 is 62.9 Å². The first-order valence-corrected chi connectivity index (χ1v) is 21.8. The maximum absolute atomic E-state index is 14.7. The fourth-order valence-electron chi connectivity index (χ4n) is 9.94. The Hall–Kier alpha value is -4.23. The summed E-state index contributed by atoms with van der Waals surface area (Å²) in [6.45, 7) is 1.42. The van der Waals surface area contributed by atoms with Crippen LogP contribution in [-0.4, -0.2) is 83.6 Å². The molecule has 6 atom stereocenters. The summed E-state index contributed by atoms with van der Waals surface area (Å²) in [5.74, 6) is -0.113. The van der Waals surface area contributed by atoms with E-state index in [0.717, 1.165) is 64.5 Å². The van der Waals surface area contributed by atoms with Gasteiger partial charge in [-0.05, 0) is 92.0 Å². The molecule has 55 heavy (non-hydrogen) atoms. The molecule has 2 aliphatic heterocycles. The molecule has 10 nitrogen and oxygen atoms in total. The number of H-pyrrole nitrogens is 2. The first-order valence-electron chi connectivity index (χ1n) is 19.9. The second-order valence-electron chi connectivity index (χ2n) is 15.6. The highest BCUT2D eigenvalue weighted by Crippen LogP contribution is 2.42. The Balaban J connectivity index is 0.000000164. The van der Waals surface area contributed by atoms with Crippen molar-refractivity contribution in [3.05, 3.63) is 76.8 Å². The van der Waals surface area contributed by atoms with Crippen LogP contribution in [0.25, 0.3) is 22.1 Å². The molecule has 290 valence electrons. The molecule has 2 aliphatic carbocycles. The summed E-state index contributed by atoms with van der Waals surface area (Å²) >= 11 is 3.19. The van der Waals surface area contributed by atoms with Gasteiger partial charge in [0, 0.05) is 77.5 Å². The van der Waals surface area contributed by atoms with Gasteiger partial charge < -0.3 is 24.9 Å². The third-order valence-electron chi connectivity index (χ3n) is 12.5. The number of hydrogen-bond acceptors (Lipinski definition) is 7. The number of rotatable bonds is 8. The number of carbonyl (C=O) groups is 3. The van der Waals surface area contributed by atoms with Crippen molar-refractivity contribution in [2.75, 3.05) is 18.8 Å². The smallest absolute Gasteiger partial charge is 0.306 e. The van der Waals surface area contributed by atoms with Gasteiger partial charge in [-0.1, -0.05) is 31.7 Å². The number of carboxylic acid groups (broad SMARTS) is 1. The van der Waals surface area contributed by atoms with E-state index in [9.17, 15) is 23.9 Å². The van der Waals surface area contributed by atoms with Gasteiger partial charge in [0.2, 0.25) is 11.8 Å². The van der Waals surface area contributed by atoms with Crippen LogP contribution in [0.3, 0.4) is 0 Å². The van der Waals surface area contributed by atoms with Crippen molar-refractivity contribution in [2.24, 2.45) is 17.8 Å². The summed E-state index contributed by atoms with van der Waals surface area (Å²) in [5.41, 5.74) is 2.11. The van der Waals surface area contributed by atoms with E-state index < -0.39 is 5.97 Å². The third kappa shape index (κ3) is 7.92. The minimum absolute atomic E-state index is 0.0165. The van der Waals surface area contributed by atoms with E-state index in [1.165, 1.54) is 50.8 Å². The molecule has 3 N–H and O–H groups in total. The van der Waals surface area contributed by atoms with Crippen molar-refractivity contribution in [2.45, 2.75) is 99.9 Å². The van der Waals surface area contributed by atoms with E-state index in [4.69, 9.17) is 0 Å². The highest BCUT2D eigenvalue weighted by Gasteiger charge is 2.44. The molecule has 5 aromatic rings. The predicted molar refractivity (Wildman–Crippen MR) is 214 cm³/mol. The number of carboxylic acids is 1. The molecule has 13 heteroatoms. The number of nitrogens with one attached hydrogen (secondary N) is 2. The van der Waals surface area contributed by atoms with Gasteiger partial charge in [-0.3, -0.25) is 14.4 Å². The van der Waals surface area contributed by atoms with Crippen LogP contribution in [0, 0.1) is 23.6 Å². The van der Waals surface area contributed by atoms with Crippen molar-refractivity contribution in [3.63, 3.8) is 0 Å². The number of nitrogens with zero attached hydrogens (tertiary/aromatic N) is 4. The Morgan fingerprint density at radius 2 is 1.62 bits per heavy atom. The van der Waals surface area contributed by atoms with E-state index in [1.807, 2.05) is 34.7 Å². The number of hydrogen-bond donors (Lipinski definition) is 3. The number of aliphatic carboxylic acids is 1. The van der Waals surface area contributed by atoms with Crippen LogP contribution in [-0.2, 0) is 14.4 Å². The second kappa shape index (κ2) is 16.9. The average molecular weight is 785 g/mol. The fourth-order valence-corrected chi connectivity index (χ4v) is 11.7. The Kier molecular flexibility index (Phi) is 11.6. The van der Waals surface area contributed by atoms with E-state index >= 15 is 0 Å². The van der Waals surface area contributed by atoms with Crippen LogP contribution < -0.4 is 0 Å².